The fourth-order valence-electron chi connectivity index (χ4n) is 7.39. The van der Waals surface area contributed by atoms with Crippen LogP contribution < -0.4 is 14.7 Å². The van der Waals surface area contributed by atoms with E-state index in [2.05, 4.69) is 18.7 Å². The molecule has 43 heavy (non-hydrogen) atoms. The van der Waals surface area contributed by atoms with Gasteiger partial charge in [-0.05, 0) is 56.7 Å². The lowest BCUT2D eigenvalue weighted by Crippen LogP contribution is -2.58. The minimum atomic E-state index is -1.35. The summed E-state index contributed by atoms with van der Waals surface area (Å²) in [4.78, 5) is 50.5. The molecule has 3 amide bonds. The molecule has 1 spiro atoms. The van der Waals surface area contributed by atoms with Gasteiger partial charge in [0.15, 0.2) is 0 Å². The number of fused-ring (bicyclic) bond motifs is 2. The molecule has 2 fully saturated rings. The van der Waals surface area contributed by atoms with Gasteiger partial charge < -0.3 is 29.4 Å². The number of anilines is 3. The Bertz CT molecular complexity index is 1420. The molecular weight excluding hydrogens is 544 g/mol. The van der Waals surface area contributed by atoms with Crippen LogP contribution >= 0.6 is 0 Å². The first-order valence-electron chi connectivity index (χ1n) is 15.4. The summed E-state index contributed by atoms with van der Waals surface area (Å²) in [6.07, 6.45) is 7.28. The van der Waals surface area contributed by atoms with Gasteiger partial charge in [-0.3, -0.25) is 14.4 Å². The zero-order chi connectivity index (χ0) is 30.3. The molecule has 1 unspecified atom stereocenters. The summed E-state index contributed by atoms with van der Waals surface area (Å²) in [6.45, 7) is 8.20. The van der Waals surface area contributed by atoms with Crippen molar-refractivity contribution >= 4 is 34.8 Å². The number of para-hydroxylation sites is 1. The van der Waals surface area contributed by atoms with E-state index in [1.54, 1.807) is 9.80 Å². The van der Waals surface area contributed by atoms with Crippen LogP contribution in [0.1, 0.15) is 27.2 Å². The van der Waals surface area contributed by atoms with Crippen LogP contribution in [0.2, 0.25) is 0 Å². The molecule has 0 radical (unpaired) electrons. The third-order valence-corrected chi connectivity index (χ3v) is 9.53. The van der Waals surface area contributed by atoms with Crippen molar-refractivity contribution in [3.8, 4) is 0 Å². The summed E-state index contributed by atoms with van der Waals surface area (Å²) >= 11 is 0. The predicted molar refractivity (Wildman–Crippen MR) is 166 cm³/mol. The van der Waals surface area contributed by atoms with E-state index in [9.17, 15) is 19.5 Å². The Hall–Kier alpha value is -3.95. The second-order valence-electron chi connectivity index (χ2n) is 11.6. The van der Waals surface area contributed by atoms with Gasteiger partial charge in [-0.15, -0.1) is 0 Å². The van der Waals surface area contributed by atoms with Crippen LogP contribution in [0.4, 0.5) is 17.1 Å². The summed E-state index contributed by atoms with van der Waals surface area (Å²) < 4.78 is 6.75. The van der Waals surface area contributed by atoms with Gasteiger partial charge in [0.25, 0.3) is 5.91 Å². The van der Waals surface area contributed by atoms with Crippen LogP contribution in [-0.4, -0.2) is 84.3 Å². The Balaban J connectivity index is 1.42. The van der Waals surface area contributed by atoms with E-state index in [1.807, 2.05) is 85.8 Å². The highest BCUT2D eigenvalue weighted by Gasteiger charge is 2.72. The minimum Gasteiger partial charge on any atom is -0.394 e. The van der Waals surface area contributed by atoms with Crippen molar-refractivity contribution in [1.82, 2.24) is 4.90 Å². The van der Waals surface area contributed by atoms with E-state index in [0.717, 1.165) is 24.5 Å². The zero-order valence-corrected chi connectivity index (χ0v) is 25.0. The molecule has 226 valence electrons. The molecule has 0 aromatic heterocycles. The second kappa shape index (κ2) is 11.6. The number of likely N-dealkylation sites (tertiary alicyclic amines) is 1. The van der Waals surface area contributed by atoms with E-state index in [0.29, 0.717) is 25.2 Å². The number of hydrogen-bond acceptors (Lipinski definition) is 6. The molecule has 4 aliphatic heterocycles. The third kappa shape index (κ3) is 4.57. The largest absolute Gasteiger partial charge is 0.394 e. The first-order valence-corrected chi connectivity index (χ1v) is 15.4. The van der Waals surface area contributed by atoms with Gasteiger partial charge in [-0.2, -0.15) is 0 Å². The van der Waals surface area contributed by atoms with E-state index in [1.165, 1.54) is 4.90 Å². The zero-order valence-electron chi connectivity index (χ0n) is 25.0. The van der Waals surface area contributed by atoms with Gasteiger partial charge in [-0.25, -0.2) is 0 Å². The maximum Gasteiger partial charge on any atom is 0.253 e. The Kier molecular flexibility index (Phi) is 7.87. The molecule has 4 aliphatic rings. The average molecular weight is 585 g/mol. The van der Waals surface area contributed by atoms with Gasteiger partial charge in [0.2, 0.25) is 11.8 Å². The molecule has 9 nitrogen and oxygen atoms in total. The van der Waals surface area contributed by atoms with Gasteiger partial charge in [-0.1, -0.05) is 49.4 Å². The molecule has 0 aliphatic carbocycles. The van der Waals surface area contributed by atoms with Crippen LogP contribution in [0, 0.1) is 11.8 Å². The monoisotopic (exact) mass is 584 g/mol. The number of carbonyl (C=O) groups excluding carboxylic acids is 3. The third-order valence-electron chi connectivity index (χ3n) is 9.53. The maximum absolute atomic E-state index is 14.6. The predicted octanol–water partition coefficient (Wildman–Crippen LogP) is 3.39. The number of hydrogen-bond donors (Lipinski definition) is 1. The second-order valence-corrected chi connectivity index (χ2v) is 11.6. The molecule has 0 bridgehead atoms. The van der Waals surface area contributed by atoms with Crippen molar-refractivity contribution in [2.24, 2.45) is 11.8 Å². The molecule has 4 heterocycles. The van der Waals surface area contributed by atoms with Crippen molar-refractivity contribution in [3.63, 3.8) is 0 Å². The Morgan fingerprint density at radius 1 is 0.884 bits per heavy atom. The maximum atomic E-state index is 14.6. The first kappa shape index (κ1) is 29.1. The molecule has 6 rings (SSSR count). The fourth-order valence-corrected chi connectivity index (χ4v) is 7.39. The van der Waals surface area contributed by atoms with E-state index < -0.39 is 35.6 Å². The number of nitrogens with zero attached hydrogens (tertiary/aromatic N) is 4. The number of amides is 3. The van der Waals surface area contributed by atoms with Crippen molar-refractivity contribution in [2.75, 3.05) is 47.5 Å². The molecule has 2 aromatic rings. The molecule has 9 heteroatoms. The average Bonchev–Trinajstić information content (AvgIpc) is 3.34. The smallest absolute Gasteiger partial charge is 0.253 e. The van der Waals surface area contributed by atoms with Crippen LogP contribution in [0.5, 0.6) is 0 Å². The number of ether oxygens (including phenoxy) is 1. The molecule has 2 saturated heterocycles. The molecule has 0 saturated carbocycles. The molecule has 2 aromatic carbocycles. The highest BCUT2D eigenvalue weighted by Crippen LogP contribution is 2.54. The van der Waals surface area contributed by atoms with Gasteiger partial charge in [0, 0.05) is 43.2 Å². The van der Waals surface area contributed by atoms with E-state index in [4.69, 9.17) is 4.74 Å². The summed E-state index contributed by atoms with van der Waals surface area (Å²) in [7, 11) is 0. The highest BCUT2D eigenvalue weighted by molar-refractivity contribution is 6.07. The van der Waals surface area contributed by atoms with Crippen molar-refractivity contribution in [3.05, 3.63) is 78.9 Å². The van der Waals surface area contributed by atoms with E-state index >= 15 is 0 Å². The van der Waals surface area contributed by atoms with Crippen LogP contribution in [0.25, 0.3) is 0 Å². The van der Waals surface area contributed by atoms with Gasteiger partial charge in [0.05, 0.1) is 30.6 Å². The summed E-state index contributed by atoms with van der Waals surface area (Å²) in [5.74, 6) is -2.53. The summed E-state index contributed by atoms with van der Waals surface area (Å²) in [5, 5.41) is 10.4. The first-order chi connectivity index (χ1) is 20.9. The van der Waals surface area contributed by atoms with Crippen molar-refractivity contribution in [2.45, 2.75) is 51.0 Å². The fraction of sp³-hybridized carbons (Fsp3) is 0.441. The van der Waals surface area contributed by atoms with Crippen LogP contribution in [-0.2, 0) is 19.1 Å². The summed E-state index contributed by atoms with van der Waals surface area (Å²) in [6, 6.07) is 15.7. The number of benzene rings is 2. The van der Waals surface area contributed by atoms with Gasteiger partial charge >= 0.3 is 0 Å². The lowest BCUT2D eigenvalue weighted by atomic mass is 9.77. The highest BCUT2D eigenvalue weighted by atomic mass is 16.5. The van der Waals surface area contributed by atoms with Crippen molar-refractivity contribution < 1.29 is 24.2 Å². The van der Waals surface area contributed by atoms with Crippen LogP contribution in [0.15, 0.2) is 78.9 Å². The van der Waals surface area contributed by atoms with Crippen LogP contribution in [0.3, 0.4) is 0 Å². The standard InChI is InChI=1S/C34H40N4O5/c1-4-23(22-39)38-30-33(42)37(26-17-15-24(16-18-26)35(5-2)6-3)21-11-19-34(30)29(32(38)41)28-27(43-34)14-10-20-36(31(28)40)25-12-8-7-9-13-25/h7-19,23,27-30,39H,4-6,20-22H2,1-3H3/t23-,27+,28-,29-,30?,34-/m0/s1. The number of aliphatic hydroxyl groups is 1. The number of aliphatic hydroxyl groups excluding tert-OH is 1. The Morgan fingerprint density at radius 3 is 2.19 bits per heavy atom. The Morgan fingerprint density at radius 2 is 1.53 bits per heavy atom. The topological polar surface area (TPSA) is 93.6 Å². The van der Waals surface area contributed by atoms with Crippen molar-refractivity contribution in [1.29, 1.82) is 0 Å². The quantitative estimate of drug-likeness (QED) is 0.479. The number of rotatable bonds is 8. The lowest BCUT2D eigenvalue weighted by Gasteiger charge is -2.38. The molecule has 6 atom stereocenters. The SMILES string of the molecule is CC[C@@H](CO)N1C(=O)[C@@H]2[C@H]3C(=O)N(c4ccccc4)CC=C[C@H]3O[C@@]23C=CCN(c2ccc(N(CC)CC)cc2)C(=O)C13. The lowest BCUT2D eigenvalue weighted by molar-refractivity contribution is -0.144. The minimum absolute atomic E-state index is 0.206. The normalized spacial score (nSPS) is 28.8. The van der Waals surface area contributed by atoms with Gasteiger partial charge in [0.1, 0.15) is 11.6 Å². The molecular formula is C34H40N4O5. The number of carbonyl (C=O) groups is 3. The summed E-state index contributed by atoms with van der Waals surface area (Å²) in [5.41, 5.74) is 1.18. The van der Waals surface area contributed by atoms with E-state index in [-0.39, 0.29) is 24.3 Å². The molecule has 1 N–H and O–H groups in total. The Labute approximate surface area is 253 Å².